The van der Waals surface area contributed by atoms with Gasteiger partial charge in [0.2, 0.25) is 0 Å². The first-order valence-electron chi connectivity index (χ1n) is 6.64. The smallest absolute Gasteiger partial charge is 0.123 e. The molecule has 0 radical (unpaired) electrons. The molecule has 2 aromatic rings. The molecule has 0 saturated heterocycles. The van der Waals surface area contributed by atoms with E-state index in [1.165, 1.54) is 23.3 Å². The summed E-state index contributed by atoms with van der Waals surface area (Å²) < 4.78 is 13.4. The average molecular weight is 257 g/mol. The fraction of sp³-hybridized carbons (Fsp3) is 0.294. The summed E-state index contributed by atoms with van der Waals surface area (Å²) in [6.45, 7) is 4.10. The van der Waals surface area contributed by atoms with Gasteiger partial charge in [0.15, 0.2) is 0 Å². The number of aryl methyl sites for hydroxylation is 1. The molecule has 1 unspecified atom stereocenters. The zero-order chi connectivity index (χ0) is 13.9. The fourth-order valence-corrected chi connectivity index (χ4v) is 2.30. The minimum atomic E-state index is -0.517. The quantitative estimate of drug-likeness (QED) is 0.882. The summed E-state index contributed by atoms with van der Waals surface area (Å²) in [5, 5.41) is 0. The SMILES string of the molecule is CCC(N)(Cc1ccc(C)cc1)c1cccc(F)c1. The molecule has 2 heteroatoms. The van der Waals surface area contributed by atoms with Gasteiger partial charge in [-0.25, -0.2) is 4.39 Å². The molecule has 0 saturated carbocycles. The molecule has 0 aliphatic rings. The van der Waals surface area contributed by atoms with Gasteiger partial charge in [0.05, 0.1) is 0 Å². The molecule has 0 spiro atoms. The minimum Gasteiger partial charge on any atom is -0.321 e. The van der Waals surface area contributed by atoms with E-state index < -0.39 is 5.54 Å². The van der Waals surface area contributed by atoms with Gasteiger partial charge >= 0.3 is 0 Å². The lowest BCUT2D eigenvalue weighted by Crippen LogP contribution is -2.38. The Morgan fingerprint density at radius 2 is 1.79 bits per heavy atom. The summed E-state index contributed by atoms with van der Waals surface area (Å²) in [6, 6.07) is 15.0. The molecule has 19 heavy (non-hydrogen) atoms. The van der Waals surface area contributed by atoms with Crippen molar-refractivity contribution < 1.29 is 4.39 Å². The minimum absolute atomic E-state index is 0.232. The first-order valence-corrected chi connectivity index (χ1v) is 6.64. The third kappa shape index (κ3) is 3.21. The van der Waals surface area contributed by atoms with Crippen molar-refractivity contribution in [3.05, 3.63) is 71.0 Å². The Balaban J connectivity index is 2.30. The molecule has 0 heterocycles. The Morgan fingerprint density at radius 3 is 2.37 bits per heavy atom. The molecule has 0 aromatic heterocycles. The van der Waals surface area contributed by atoms with Crippen LogP contribution in [0.15, 0.2) is 48.5 Å². The standard InChI is InChI=1S/C17H20FN/c1-3-17(19,15-5-4-6-16(18)11-15)12-14-9-7-13(2)8-10-14/h4-11H,3,12,19H2,1-2H3. The van der Waals surface area contributed by atoms with Crippen LogP contribution in [-0.4, -0.2) is 0 Å². The van der Waals surface area contributed by atoms with Crippen molar-refractivity contribution in [3.63, 3.8) is 0 Å². The molecular formula is C17H20FN. The van der Waals surface area contributed by atoms with Crippen molar-refractivity contribution in [3.8, 4) is 0 Å². The fourth-order valence-electron chi connectivity index (χ4n) is 2.30. The van der Waals surface area contributed by atoms with Gasteiger partial charge in [-0.05, 0) is 43.0 Å². The maximum absolute atomic E-state index is 13.4. The van der Waals surface area contributed by atoms with Gasteiger partial charge in [-0.1, -0.05) is 48.9 Å². The summed E-state index contributed by atoms with van der Waals surface area (Å²) in [6.07, 6.45) is 1.48. The third-order valence-corrected chi connectivity index (χ3v) is 3.67. The molecule has 1 nitrogen and oxygen atoms in total. The summed E-state index contributed by atoms with van der Waals surface area (Å²) in [5.41, 5.74) is 9.24. The Bertz CT molecular complexity index is 547. The van der Waals surface area contributed by atoms with Gasteiger partial charge in [0, 0.05) is 5.54 Å². The van der Waals surface area contributed by atoms with E-state index in [0.29, 0.717) is 6.42 Å². The maximum Gasteiger partial charge on any atom is 0.123 e. The van der Waals surface area contributed by atoms with Gasteiger partial charge in [0.25, 0.3) is 0 Å². The number of benzene rings is 2. The maximum atomic E-state index is 13.4. The van der Waals surface area contributed by atoms with E-state index in [0.717, 1.165) is 12.0 Å². The molecule has 2 rings (SSSR count). The van der Waals surface area contributed by atoms with Crippen LogP contribution in [0.25, 0.3) is 0 Å². The van der Waals surface area contributed by atoms with Gasteiger partial charge in [-0.3, -0.25) is 0 Å². The van der Waals surface area contributed by atoms with E-state index in [2.05, 4.69) is 31.2 Å². The summed E-state index contributed by atoms with van der Waals surface area (Å²) in [7, 11) is 0. The number of halogens is 1. The molecule has 1 atom stereocenters. The second-order valence-corrected chi connectivity index (χ2v) is 5.18. The monoisotopic (exact) mass is 257 g/mol. The molecule has 2 aromatic carbocycles. The van der Waals surface area contributed by atoms with Crippen molar-refractivity contribution in [1.82, 2.24) is 0 Å². The first kappa shape index (κ1) is 13.8. The van der Waals surface area contributed by atoms with Crippen LogP contribution in [0.5, 0.6) is 0 Å². The van der Waals surface area contributed by atoms with Crippen LogP contribution >= 0.6 is 0 Å². The van der Waals surface area contributed by atoms with Crippen LogP contribution in [-0.2, 0) is 12.0 Å². The number of hydrogen-bond donors (Lipinski definition) is 1. The topological polar surface area (TPSA) is 26.0 Å². The predicted octanol–water partition coefficient (Wildman–Crippen LogP) is 3.94. The number of hydrogen-bond acceptors (Lipinski definition) is 1. The number of rotatable bonds is 4. The van der Waals surface area contributed by atoms with Crippen molar-refractivity contribution in [2.24, 2.45) is 5.73 Å². The lowest BCUT2D eigenvalue weighted by molar-refractivity contribution is 0.422. The normalized spacial score (nSPS) is 14.1. The first-order chi connectivity index (χ1) is 9.03. The highest BCUT2D eigenvalue weighted by Crippen LogP contribution is 2.27. The van der Waals surface area contributed by atoms with Crippen molar-refractivity contribution in [2.75, 3.05) is 0 Å². The van der Waals surface area contributed by atoms with E-state index in [1.807, 2.05) is 13.0 Å². The largest absolute Gasteiger partial charge is 0.321 e. The van der Waals surface area contributed by atoms with Gasteiger partial charge in [0.1, 0.15) is 5.82 Å². The second-order valence-electron chi connectivity index (χ2n) is 5.18. The lowest BCUT2D eigenvalue weighted by atomic mass is 9.82. The Labute approximate surface area is 114 Å². The predicted molar refractivity (Wildman–Crippen MR) is 77.4 cm³/mol. The number of nitrogens with two attached hydrogens (primary N) is 1. The average Bonchev–Trinajstić information content (AvgIpc) is 2.41. The molecular weight excluding hydrogens is 237 g/mol. The Hall–Kier alpha value is -1.67. The molecule has 0 fully saturated rings. The van der Waals surface area contributed by atoms with Gasteiger partial charge in [-0.2, -0.15) is 0 Å². The van der Waals surface area contributed by atoms with Crippen LogP contribution in [0.3, 0.4) is 0 Å². The van der Waals surface area contributed by atoms with Crippen LogP contribution in [0.2, 0.25) is 0 Å². The van der Waals surface area contributed by atoms with Crippen molar-refractivity contribution in [1.29, 1.82) is 0 Å². The molecule has 0 aliphatic heterocycles. The summed E-state index contributed by atoms with van der Waals surface area (Å²) in [4.78, 5) is 0. The molecule has 0 aliphatic carbocycles. The Morgan fingerprint density at radius 1 is 1.11 bits per heavy atom. The van der Waals surface area contributed by atoms with Crippen LogP contribution in [0.4, 0.5) is 4.39 Å². The highest BCUT2D eigenvalue weighted by atomic mass is 19.1. The third-order valence-electron chi connectivity index (χ3n) is 3.67. The summed E-state index contributed by atoms with van der Waals surface area (Å²) in [5.74, 6) is -0.232. The molecule has 0 bridgehead atoms. The van der Waals surface area contributed by atoms with Crippen LogP contribution in [0, 0.1) is 12.7 Å². The van der Waals surface area contributed by atoms with Gasteiger partial charge in [-0.15, -0.1) is 0 Å². The van der Waals surface area contributed by atoms with E-state index >= 15 is 0 Å². The second kappa shape index (κ2) is 5.54. The zero-order valence-corrected chi connectivity index (χ0v) is 11.5. The van der Waals surface area contributed by atoms with E-state index in [4.69, 9.17) is 5.73 Å². The van der Waals surface area contributed by atoms with Crippen molar-refractivity contribution >= 4 is 0 Å². The zero-order valence-electron chi connectivity index (χ0n) is 11.5. The molecule has 100 valence electrons. The highest BCUT2D eigenvalue weighted by Gasteiger charge is 2.25. The van der Waals surface area contributed by atoms with E-state index in [-0.39, 0.29) is 5.82 Å². The van der Waals surface area contributed by atoms with Crippen LogP contribution < -0.4 is 5.73 Å². The molecule has 2 N–H and O–H groups in total. The molecule has 0 amide bonds. The summed E-state index contributed by atoms with van der Waals surface area (Å²) >= 11 is 0. The van der Waals surface area contributed by atoms with Crippen molar-refractivity contribution in [2.45, 2.75) is 32.2 Å². The van der Waals surface area contributed by atoms with E-state index in [1.54, 1.807) is 6.07 Å². The van der Waals surface area contributed by atoms with Crippen LogP contribution in [0.1, 0.15) is 30.0 Å². The highest BCUT2D eigenvalue weighted by molar-refractivity contribution is 5.30. The van der Waals surface area contributed by atoms with Gasteiger partial charge < -0.3 is 5.73 Å². The lowest BCUT2D eigenvalue weighted by Gasteiger charge is -2.29. The Kier molecular flexibility index (Phi) is 4.01. The van der Waals surface area contributed by atoms with E-state index in [9.17, 15) is 4.39 Å².